The van der Waals surface area contributed by atoms with Gasteiger partial charge in [-0.2, -0.15) is 5.10 Å². The number of carbonyl (C=O) groups is 1. The number of halogens is 1. The Morgan fingerprint density at radius 1 is 1.32 bits per heavy atom. The van der Waals surface area contributed by atoms with Gasteiger partial charge in [-0.05, 0) is 45.8 Å². The van der Waals surface area contributed by atoms with Gasteiger partial charge in [0.25, 0.3) is 11.6 Å². The standard InChI is InChI=1S/C14H10BrN3O4/c15-12-6-9(4-5-13(12)19)8-16-17-14(20)10-2-1-3-11(7-10)18(21)22/h1-8,19H,(H,17,20). The predicted octanol–water partition coefficient (Wildman–Crippen LogP) is 2.83. The molecule has 0 saturated carbocycles. The third-order valence-electron chi connectivity index (χ3n) is 2.67. The first-order chi connectivity index (χ1) is 10.5. The number of aromatic hydroxyl groups is 1. The molecule has 0 radical (unpaired) electrons. The van der Waals surface area contributed by atoms with E-state index in [1.54, 1.807) is 12.1 Å². The van der Waals surface area contributed by atoms with E-state index < -0.39 is 10.8 Å². The summed E-state index contributed by atoms with van der Waals surface area (Å²) in [5, 5.41) is 23.8. The Morgan fingerprint density at radius 3 is 2.77 bits per heavy atom. The number of nitrogens with one attached hydrogen (secondary N) is 1. The number of carbonyl (C=O) groups excluding carboxylic acids is 1. The van der Waals surface area contributed by atoms with E-state index in [1.165, 1.54) is 36.5 Å². The number of non-ortho nitro benzene ring substituents is 1. The second-order valence-electron chi connectivity index (χ2n) is 4.22. The minimum atomic E-state index is -0.575. The lowest BCUT2D eigenvalue weighted by atomic mass is 10.2. The SMILES string of the molecule is O=C(NN=Cc1ccc(O)c(Br)c1)c1cccc([N+](=O)[O-])c1. The van der Waals surface area contributed by atoms with Crippen LogP contribution in [0.15, 0.2) is 52.0 Å². The van der Waals surface area contributed by atoms with Crippen molar-refractivity contribution in [2.24, 2.45) is 5.10 Å². The molecule has 0 aromatic heterocycles. The van der Waals surface area contributed by atoms with Crippen LogP contribution in [-0.2, 0) is 0 Å². The summed E-state index contributed by atoms with van der Waals surface area (Å²) < 4.78 is 0.501. The topological polar surface area (TPSA) is 105 Å². The minimum Gasteiger partial charge on any atom is -0.507 e. The Bertz CT molecular complexity index is 762. The summed E-state index contributed by atoms with van der Waals surface area (Å²) in [6.45, 7) is 0. The van der Waals surface area contributed by atoms with E-state index in [2.05, 4.69) is 26.5 Å². The minimum absolute atomic E-state index is 0.0952. The molecule has 1 amide bonds. The number of rotatable bonds is 4. The molecule has 7 nitrogen and oxygen atoms in total. The van der Waals surface area contributed by atoms with Gasteiger partial charge in [0, 0.05) is 17.7 Å². The van der Waals surface area contributed by atoms with Crippen molar-refractivity contribution in [1.82, 2.24) is 5.43 Å². The smallest absolute Gasteiger partial charge is 0.271 e. The highest BCUT2D eigenvalue weighted by Gasteiger charge is 2.10. The van der Waals surface area contributed by atoms with E-state index in [1.807, 2.05) is 0 Å². The molecule has 0 heterocycles. The zero-order valence-electron chi connectivity index (χ0n) is 11.1. The van der Waals surface area contributed by atoms with Gasteiger partial charge in [0.2, 0.25) is 0 Å². The zero-order chi connectivity index (χ0) is 16.1. The maximum Gasteiger partial charge on any atom is 0.271 e. The van der Waals surface area contributed by atoms with E-state index in [0.717, 1.165) is 0 Å². The van der Waals surface area contributed by atoms with Crippen LogP contribution in [0.4, 0.5) is 5.69 Å². The lowest BCUT2D eigenvalue weighted by molar-refractivity contribution is -0.384. The second kappa shape index (κ2) is 6.81. The first-order valence-electron chi connectivity index (χ1n) is 6.04. The molecule has 0 aliphatic rings. The lowest BCUT2D eigenvalue weighted by Crippen LogP contribution is -2.17. The number of phenolic OH excluding ortho intramolecular Hbond substituents is 1. The summed E-state index contributed by atoms with van der Waals surface area (Å²) >= 11 is 3.16. The molecular weight excluding hydrogens is 354 g/mol. The molecule has 2 aromatic carbocycles. The predicted molar refractivity (Wildman–Crippen MR) is 84.0 cm³/mol. The zero-order valence-corrected chi connectivity index (χ0v) is 12.6. The summed E-state index contributed by atoms with van der Waals surface area (Å²) in [5.41, 5.74) is 2.90. The molecule has 0 spiro atoms. The number of hydrogen-bond acceptors (Lipinski definition) is 5. The molecule has 0 saturated heterocycles. The second-order valence-corrected chi connectivity index (χ2v) is 5.07. The van der Waals surface area contributed by atoms with E-state index >= 15 is 0 Å². The third kappa shape index (κ3) is 3.89. The first kappa shape index (κ1) is 15.6. The highest BCUT2D eigenvalue weighted by molar-refractivity contribution is 9.10. The van der Waals surface area contributed by atoms with Crippen LogP contribution in [-0.4, -0.2) is 22.2 Å². The molecule has 0 aliphatic carbocycles. The molecule has 0 unspecified atom stereocenters. The summed E-state index contributed by atoms with van der Waals surface area (Å²) in [7, 11) is 0. The van der Waals surface area contributed by atoms with Crippen molar-refractivity contribution in [2.75, 3.05) is 0 Å². The van der Waals surface area contributed by atoms with E-state index in [-0.39, 0.29) is 17.0 Å². The normalized spacial score (nSPS) is 10.6. The molecule has 2 aromatic rings. The number of phenols is 1. The fourth-order valence-electron chi connectivity index (χ4n) is 1.59. The van der Waals surface area contributed by atoms with E-state index in [0.29, 0.717) is 10.0 Å². The van der Waals surface area contributed by atoms with Crippen LogP contribution in [0.1, 0.15) is 15.9 Å². The van der Waals surface area contributed by atoms with Crippen molar-refractivity contribution in [3.63, 3.8) is 0 Å². The van der Waals surface area contributed by atoms with Gasteiger partial charge >= 0.3 is 0 Å². The van der Waals surface area contributed by atoms with Gasteiger partial charge in [-0.1, -0.05) is 6.07 Å². The Labute approximate surface area is 133 Å². The van der Waals surface area contributed by atoms with Crippen LogP contribution in [0.2, 0.25) is 0 Å². The van der Waals surface area contributed by atoms with Gasteiger partial charge < -0.3 is 5.11 Å². The molecule has 0 atom stereocenters. The maximum atomic E-state index is 11.8. The highest BCUT2D eigenvalue weighted by Crippen LogP contribution is 2.23. The van der Waals surface area contributed by atoms with E-state index in [9.17, 15) is 20.0 Å². The first-order valence-corrected chi connectivity index (χ1v) is 6.83. The highest BCUT2D eigenvalue weighted by atomic mass is 79.9. The molecule has 0 fully saturated rings. The number of hydrogen-bond donors (Lipinski definition) is 2. The quantitative estimate of drug-likeness (QED) is 0.494. The Hall–Kier alpha value is -2.74. The van der Waals surface area contributed by atoms with Gasteiger partial charge in [-0.3, -0.25) is 14.9 Å². The Morgan fingerprint density at radius 2 is 2.09 bits per heavy atom. The number of benzene rings is 2. The molecule has 22 heavy (non-hydrogen) atoms. The summed E-state index contributed by atoms with van der Waals surface area (Å²) in [6.07, 6.45) is 1.39. The Balaban J connectivity index is 2.06. The summed E-state index contributed by atoms with van der Waals surface area (Å²) in [4.78, 5) is 21.9. The fraction of sp³-hybridized carbons (Fsp3) is 0. The van der Waals surface area contributed by atoms with Gasteiger partial charge in [0.1, 0.15) is 5.75 Å². The monoisotopic (exact) mass is 363 g/mol. The number of hydrazone groups is 1. The van der Waals surface area contributed by atoms with Crippen molar-refractivity contribution >= 4 is 33.7 Å². The van der Waals surface area contributed by atoms with Gasteiger partial charge in [0.05, 0.1) is 15.6 Å². The van der Waals surface area contributed by atoms with Crippen molar-refractivity contribution in [3.8, 4) is 5.75 Å². The average Bonchev–Trinajstić information content (AvgIpc) is 2.51. The van der Waals surface area contributed by atoms with Gasteiger partial charge in [0.15, 0.2) is 0 Å². The molecular formula is C14H10BrN3O4. The average molecular weight is 364 g/mol. The number of nitrogens with zero attached hydrogens (tertiary/aromatic N) is 2. The molecule has 8 heteroatoms. The van der Waals surface area contributed by atoms with E-state index in [4.69, 9.17) is 0 Å². The van der Waals surface area contributed by atoms with Gasteiger partial charge in [-0.15, -0.1) is 0 Å². The Kier molecular flexibility index (Phi) is 4.84. The number of nitro benzene ring substituents is 1. The number of amides is 1. The van der Waals surface area contributed by atoms with Crippen LogP contribution in [0.3, 0.4) is 0 Å². The third-order valence-corrected chi connectivity index (χ3v) is 3.31. The molecule has 2 rings (SSSR count). The molecule has 112 valence electrons. The fourth-order valence-corrected chi connectivity index (χ4v) is 1.99. The summed E-state index contributed by atoms with van der Waals surface area (Å²) in [6, 6.07) is 10.1. The lowest BCUT2D eigenvalue weighted by Gasteiger charge is -2.00. The van der Waals surface area contributed by atoms with Crippen molar-refractivity contribution in [1.29, 1.82) is 0 Å². The molecule has 2 N–H and O–H groups in total. The van der Waals surface area contributed by atoms with Crippen molar-refractivity contribution in [3.05, 3.63) is 68.2 Å². The van der Waals surface area contributed by atoms with Crippen LogP contribution in [0.5, 0.6) is 5.75 Å². The number of nitro groups is 1. The van der Waals surface area contributed by atoms with Gasteiger partial charge in [-0.25, -0.2) is 5.43 Å². The summed E-state index contributed by atoms with van der Waals surface area (Å²) in [5.74, 6) is -0.462. The molecule has 0 bridgehead atoms. The van der Waals surface area contributed by atoms with Crippen LogP contribution < -0.4 is 5.43 Å². The van der Waals surface area contributed by atoms with Crippen LogP contribution in [0.25, 0.3) is 0 Å². The van der Waals surface area contributed by atoms with Crippen LogP contribution >= 0.6 is 15.9 Å². The van der Waals surface area contributed by atoms with Crippen molar-refractivity contribution in [2.45, 2.75) is 0 Å². The molecule has 0 aliphatic heterocycles. The maximum absolute atomic E-state index is 11.8. The largest absolute Gasteiger partial charge is 0.507 e. The van der Waals surface area contributed by atoms with Crippen molar-refractivity contribution < 1.29 is 14.8 Å². The van der Waals surface area contributed by atoms with Crippen LogP contribution in [0, 0.1) is 10.1 Å².